The second kappa shape index (κ2) is 7.55. The second-order valence-corrected chi connectivity index (χ2v) is 5.90. The van der Waals surface area contributed by atoms with Gasteiger partial charge in [0.05, 0.1) is 22.9 Å². The quantitative estimate of drug-likeness (QED) is 0.695. The van der Waals surface area contributed by atoms with Gasteiger partial charge in [-0.1, -0.05) is 12.1 Å². The van der Waals surface area contributed by atoms with Gasteiger partial charge >= 0.3 is 0 Å². The summed E-state index contributed by atoms with van der Waals surface area (Å²) in [6.07, 6.45) is 2.90. The molecule has 122 valence electrons. The van der Waals surface area contributed by atoms with Crippen LogP contribution in [0.3, 0.4) is 0 Å². The van der Waals surface area contributed by atoms with Gasteiger partial charge in [0.2, 0.25) is 5.95 Å². The number of carbonyl (C=O) groups excluding carboxylic acids is 1. The molecule has 1 amide bonds. The van der Waals surface area contributed by atoms with Crippen LogP contribution in [-0.2, 0) is 0 Å². The first kappa shape index (κ1) is 16.6. The first-order valence-electron chi connectivity index (χ1n) is 7.31. The predicted molar refractivity (Wildman–Crippen MR) is 98.6 cm³/mol. The number of hydrogen-bond acceptors (Lipinski definition) is 5. The number of anilines is 3. The van der Waals surface area contributed by atoms with Gasteiger partial charge in [0.15, 0.2) is 0 Å². The lowest BCUT2D eigenvalue weighted by Gasteiger charge is -2.08. The Morgan fingerprint density at radius 2 is 1.72 bits per heavy atom. The summed E-state index contributed by atoms with van der Waals surface area (Å²) in [5.41, 5.74) is 2.29. The fourth-order valence-electron chi connectivity index (χ4n) is 2.02. The van der Waals surface area contributed by atoms with Crippen molar-refractivity contribution in [3.8, 4) is 6.07 Å². The van der Waals surface area contributed by atoms with Crippen LogP contribution in [0.5, 0.6) is 0 Å². The number of benzene rings is 2. The van der Waals surface area contributed by atoms with Crippen LogP contribution in [0.25, 0.3) is 0 Å². The first-order valence-corrected chi connectivity index (χ1v) is 8.10. The van der Waals surface area contributed by atoms with E-state index >= 15 is 0 Å². The van der Waals surface area contributed by atoms with Gasteiger partial charge in [0, 0.05) is 22.6 Å². The van der Waals surface area contributed by atoms with Crippen LogP contribution in [-0.4, -0.2) is 15.9 Å². The summed E-state index contributed by atoms with van der Waals surface area (Å²) < 4.78 is 0.890. The number of aromatic nitrogens is 2. The van der Waals surface area contributed by atoms with Gasteiger partial charge in [-0.3, -0.25) is 4.79 Å². The Labute approximate surface area is 152 Å². The number of nitrogens with one attached hydrogen (secondary N) is 2. The molecule has 0 atom stereocenters. The zero-order valence-electron chi connectivity index (χ0n) is 12.9. The lowest BCUT2D eigenvalue weighted by atomic mass is 10.2. The Hall–Kier alpha value is -3.24. The molecule has 3 rings (SSSR count). The van der Waals surface area contributed by atoms with Gasteiger partial charge in [-0.15, -0.1) is 0 Å². The Morgan fingerprint density at radius 1 is 1.04 bits per heavy atom. The van der Waals surface area contributed by atoms with Gasteiger partial charge in [-0.25, -0.2) is 9.97 Å². The molecule has 2 N–H and O–H groups in total. The Balaban J connectivity index is 1.68. The van der Waals surface area contributed by atoms with Crippen LogP contribution in [0.4, 0.5) is 17.3 Å². The number of nitriles is 1. The Bertz CT molecular complexity index is 933. The van der Waals surface area contributed by atoms with E-state index in [9.17, 15) is 4.79 Å². The maximum atomic E-state index is 12.2. The van der Waals surface area contributed by atoms with E-state index in [2.05, 4.69) is 36.5 Å². The Kier molecular flexibility index (Phi) is 5.02. The third kappa shape index (κ3) is 4.19. The number of halogens is 1. The van der Waals surface area contributed by atoms with Crippen LogP contribution in [0, 0.1) is 11.3 Å². The van der Waals surface area contributed by atoms with E-state index in [0.29, 0.717) is 22.8 Å². The SMILES string of the molecule is N#Cc1ccc(NC(=O)c2cnc(Nc3ccccc3Br)nc2)cc1. The van der Waals surface area contributed by atoms with E-state index in [1.54, 1.807) is 24.3 Å². The highest BCUT2D eigenvalue weighted by molar-refractivity contribution is 9.10. The standard InChI is InChI=1S/C18H12BrN5O/c19-15-3-1-2-4-16(15)24-18-21-10-13(11-22-18)17(25)23-14-7-5-12(9-20)6-8-14/h1-8,10-11H,(H,23,25)(H,21,22,24). The minimum atomic E-state index is -0.322. The van der Waals surface area contributed by atoms with E-state index in [1.165, 1.54) is 12.4 Å². The van der Waals surface area contributed by atoms with Crippen LogP contribution >= 0.6 is 15.9 Å². The molecule has 1 aromatic heterocycles. The highest BCUT2D eigenvalue weighted by Crippen LogP contribution is 2.23. The van der Waals surface area contributed by atoms with Gasteiger partial charge in [0.1, 0.15) is 0 Å². The fraction of sp³-hybridized carbons (Fsp3) is 0. The molecule has 0 spiro atoms. The molecule has 0 aliphatic heterocycles. The summed E-state index contributed by atoms with van der Waals surface area (Å²) in [6, 6.07) is 16.2. The topological polar surface area (TPSA) is 90.7 Å². The first-order chi connectivity index (χ1) is 12.2. The molecule has 2 aromatic carbocycles. The largest absolute Gasteiger partial charge is 0.323 e. The molecule has 0 bridgehead atoms. The molecule has 6 nitrogen and oxygen atoms in total. The Morgan fingerprint density at radius 3 is 2.36 bits per heavy atom. The molecular weight excluding hydrogens is 382 g/mol. The van der Waals surface area contributed by atoms with Gasteiger partial charge in [0.25, 0.3) is 5.91 Å². The molecule has 7 heteroatoms. The number of hydrogen-bond donors (Lipinski definition) is 2. The second-order valence-electron chi connectivity index (χ2n) is 5.04. The van der Waals surface area contributed by atoms with Crippen molar-refractivity contribution >= 4 is 39.2 Å². The predicted octanol–water partition coefficient (Wildman–Crippen LogP) is 4.11. The molecule has 0 aliphatic carbocycles. The van der Waals surface area contributed by atoms with Crippen LogP contribution < -0.4 is 10.6 Å². The van der Waals surface area contributed by atoms with Crippen molar-refractivity contribution in [2.24, 2.45) is 0 Å². The lowest BCUT2D eigenvalue weighted by Crippen LogP contribution is -2.13. The summed E-state index contributed by atoms with van der Waals surface area (Å²) in [4.78, 5) is 20.5. The van der Waals surface area contributed by atoms with Crippen molar-refractivity contribution in [3.05, 3.63) is 76.5 Å². The van der Waals surface area contributed by atoms with Crippen LogP contribution in [0.15, 0.2) is 65.4 Å². The summed E-state index contributed by atoms with van der Waals surface area (Å²) in [6.45, 7) is 0. The summed E-state index contributed by atoms with van der Waals surface area (Å²) in [7, 11) is 0. The molecule has 0 fully saturated rings. The third-order valence-electron chi connectivity index (χ3n) is 3.31. The molecule has 1 heterocycles. The zero-order chi connectivity index (χ0) is 17.6. The number of rotatable bonds is 4. The van der Waals surface area contributed by atoms with Gasteiger partial charge in [-0.05, 0) is 52.3 Å². The molecule has 0 saturated carbocycles. The maximum absolute atomic E-state index is 12.2. The van der Waals surface area contributed by atoms with E-state index in [0.717, 1.165) is 10.2 Å². The number of para-hydroxylation sites is 1. The zero-order valence-corrected chi connectivity index (χ0v) is 14.5. The van der Waals surface area contributed by atoms with E-state index in [-0.39, 0.29) is 5.91 Å². The van der Waals surface area contributed by atoms with Crippen molar-refractivity contribution in [2.45, 2.75) is 0 Å². The van der Waals surface area contributed by atoms with Crippen molar-refractivity contribution in [3.63, 3.8) is 0 Å². The maximum Gasteiger partial charge on any atom is 0.258 e. The summed E-state index contributed by atoms with van der Waals surface area (Å²) in [5, 5.41) is 14.6. The molecular formula is C18H12BrN5O. The normalized spacial score (nSPS) is 9.92. The van der Waals surface area contributed by atoms with Crippen molar-refractivity contribution in [1.82, 2.24) is 9.97 Å². The number of nitrogens with zero attached hydrogens (tertiary/aromatic N) is 3. The smallest absolute Gasteiger partial charge is 0.258 e. The molecule has 3 aromatic rings. The molecule has 0 unspecified atom stereocenters. The van der Waals surface area contributed by atoms with E-state index in [1.807, 2.05) is 30.3 Å². The highest BCUT2D eigenvalue weighted by atomic mass is 79.9. The van der Waals surface area contributed by atoms with E-state index in [4.69, 9.17) is 5.26 Å². The number of carbonyl (C=O) groups is 1. The fourth-order valence-corrected chi connectivity index (χ4v) is 2.41. The van der Waals surface area contributed by atoms with Gasteiger partial charge < -0.3 is 10.6 Å². The minimum Gasteiger partial charge on any atom is -0.323 e. The lowest BCUT2D eigenvalue weighted by molar-refractivity contribution is 0.102. The average molecular weight is 394 g/mol. The molecule has 0 saturated heterocycles. The average Bonchev–Trinajstić information content (AvgIpc) is 2.65. The van der Waals surface area contributed by atoms with Crippen molar-refractivity contribution < 1.29 is 4.79 Å². The minimum absolute atomic E-state index is 0.322. The molecule has 0 aliphatic rings. The summed E-state index contributed by atoms with van der Waals surface area (Å²) >= 11 is 3.44. The summed E-state index contributed by atoms with van der Waals surface area (Å²) in [5.74, 6) is 0.0685. The van der Waals surface area contributed by atoms with Crippen molar-refractivity contribution in [1.29, 1.82) is 5.26 Å². The monoisotopic (exact) mass is 393 g/mol. The number of amides is 1. The van der Waals surface area contributed by atoms with Crippen molar-refractivity contribution in [2.75, 3.05) is 10.6 Å². The van der Waals surface area contributed by atoms with Crippen LogP contribution in [0.1, 0.15) is 15.9 Å². The molecule has 25 heavy (non-hydrogen) atoms. The van der Waals surface area contributed by atoms with Crippen LogP contribution in [0.2, 0.25) is 0 Å². The highest BCUT2D eigenvalue weighted by Gasteiger charge is 2.08. The molecule has 0 radical (unpaired) electrons. The third-order valence-corrected chi connectivity index (χ3v) is 4.00. The van der Waals surface area contributed by atoms with Gasteiger partial charge in [-0.2, -0.15) is 5.26 Å². The van der Waals surface area contributed by atoms with E-state index < -0.39 is 0 Å².